The number of nitrogens with one attached hydrogen (secondary N) is 2. The molecular weight excluding hydrogens is 871 g/mol. The SMILES string of the molecule is COc1ccc2c(OC3C[C@@H](C(N)=O)N(C(=O)[C@H](CCCCC/C=C\[C@@H]4C[C@]4(C)C(=O)NS(=O)(=O)C4(C)CC4)NC(=O)c4ncn(C(C)C)n4)C3)cc(-c3nc(C(C)C)cs3)nc2c1C. The van der Waals surface area contributed by atoms with E-state index in [9.17, 15) is 27.6 Å². The monoisotopic (exact) mass is 931 g/mol. The van der Waals surface area contributed by atoms with Crippen LogP contribution in [0.25, 0.3) is 21.6 Å². The number of thiazole rings is 1. The molecule has 3 aliphatic rings. The number of aromatic nitrogens is 5. The second-order valence-electron chi connectivity index (χ2n) is 18.8. The number of hydrogen-bond donors (Lipinski definition) is 3. The smallest absolute Gasteiger partial charge is 0.291 e. The number of rotatable bonds is 20. The Labute approximate surface area is 384 Å². The number of amides is 4. The summed E-state index contributed by atoms with van der Waals surface area (Å²) in [6, 6.07) is 3.51. The molecule has 19 heteroatoms. The van der Waals surface area contributed by atoms with Gasteiger partial charge < -0.3 is 25.4 Å². The van der Waals surface area contributed by atoms with Crippen LogP contribution in [0, 0.1) is 18.3 Å². The normalized spacial score (nSPS) is 21.8. The van der Waals surface area contributed by atoms with Gasteiger partial charge in [-0.1, -0.05) is 45.8 Å². The third-order valence-electron chi connectivity index (χ3n) is 13.1. The van der Waals surface area contributed by atoms with Crippen molar-refractivity contribution in [2.24, 2.45) is 17.1 Å². The van der Waals surface area contributed by atoms with Crippen LogP contribution in [0.15, 0.2) is 42.1 Å². The van der Waals surface area contributed by atoms with Crippen LogP contribution in [0.4, 0.5) is 0 Å². The quantitative estimate of drug-likeness (QED) is 0.0671. The molecule has 1 saturated heterocycles. The number of primary amides is 1. The highest BCUT2D eigenvalue weighted by atomic mass is 32.2. The van der Waals surface area contributed by atoms with Gasteiger partial charge >= 0.3 is 0 Å². The summed E-state index contributed by atoms with van der Waals surface area (Å²) < 4.78 is 40.6. The molecule has 1 aliphatic heterocycles. The number of hydrogen-bond acceptors (Lipinski definition) is 13. The van der Waals surface area contributed by atoms with E-state index in [0.717, 1.165) is 28.1 Å². The zero-order valence-electron chi connectivity index (χ0n) is 38.4. The third-order valence-corrected chi connectivity index (χ3v) is 16.1. The highest BCUT2D eigenvalue weighted by Crippen LogP contribution is 2.54. The first-order chi connectivity index (χ1) is 30.7. The highest BCUT2D eigenvalue weighted by Gasteiger charge is 2.58. The average molecular weight is 932 g/mol. The molecule has 0 bridgehead atoms. The molecule has 1 unspecified atom stereocenters. The summed E-state index contributed by atoms with van der Waals surface area (Å²) in [6.45, 7) is 13.4. The Bertz CT molecular complexity index is 2600. The number of carbonyl (C=O) groups excluding carboxylic acids is 4. The lowest BCUT2D eigenvalue weighted by Crippen LogP contribution is -2.53. The lowest BCUT2D eigenvalue weighted by molar-refractivity contribution is -0.139. The van der Waals surface area contributed by atoms with Gasteiger partial charge in [0.25, 0.3) is 5.91 Å². The molecule has 7 rings (SSSR count). The molecule has 350 valence electrons. The van der Waals surface area contributed by atoms with Gasteiger partial charge in [-0.15, -0.1) is 16.4 Å². The number of nitrogens with two attached hydrogens (primary N) is 1. The fourth-order valence-electron chi connectivity index (χ4n) is 8.15. The molecule has 17 nitrogen and oxygen atoms in total. The standard InChI is InChI=1S/C46H61N9O8S2/c1-26(2)34-24-64-42(51-34)33-21-37(31-16-17-36(62-8)28(5)38(31)49-33)63-30-20-35(39(47)56)54(23-30)43(58)32(50-41(57)40-48-25-55(52-40)27(3)4)15-13-11-9-10-12-14-29-22-46(29,7)44(59)53-65(60,61)45(6)18-19-45/h12,14,16-17,21,24-27,29-30,32,35H,9-11,13,15,18-20,22-23H2,1-8H3,(H2,47,56)(H,50,57)(H,53,59)/b14-12-/t29-,30?,32+,35+,46+/m1/s1. The van der Waals surface area contributed by atoms with Gasteiger partial charge in [-0.05, 0) is 90.2 Å². The minimum atomic E-state index is -3.70. The second kappa shape index (κ2) is 18.8. The van der Waals surface area contributed by atoms with Crippen molar-refractivity contribution < 1.29 is 37.1 Å². The van der Waals surface area contributed by atoms with Crippen molar-refractivity contribution in [2.75, 3.05) is 13.7 Å². The molecule has 3 fully saturated rings. The number of allylic oxidation sites excluding steroid dienone is 2. The summed E-state index contributed by atoms with van der Waals surface area (Å²) in [6.07, 6.45) is 9.67. The van der Waals surface area contributed by atoms with Crippen molar-refractivity contribution >= 4 is 55.9 Å². The van der Waals surface area contributed by atoms with E-state index in [4.69, 9.17) is 25.2 Å². The summed E-state index contributed by atoms with van der Waals surface area (Å²) in [7, 11) is -2.10. The molecule has 65 heavy (non-hydrogen) atoms. The molecule has 4 amide bonds. The van der Waals surface area contributed by atoms with Crippen LogP contribution >= 0.6 is 11.3 Å². The molecule has 4 aromatic rings. The summed E-state index contributed by atoms with van der Waals surface area (Å²) in [5, 5.41) is 10.6. The molecule has 1 aromatic carbocycles. The molecule has 2 saturated carbocycles. The molecule has 2 aliphatic carbocycles. The van der Waals surface area contributed by atoms with Crippen LogP contribution in [0.1, 0.15) is 133 Å². The number of unbranched alkanes of at least 4 members (excludes halogenated alkanes) is 3. The van der Waals surface area contributed by atoms with Crippen molar-refractivity contribution in [1.29, 1.82) is 0 Å². The second-order valence-corrected chi connectivity index (χ2v) is 21.8. The van der Waals surface area contributed by atoms with Gasteiger partial charge in [0.1, 0.15) is 46.7 Å². The van der Waals surface area contributed by atoms with E-state index < -0.39 is 62.0 Å². The Morgan fingerprint density at radius 1 is 1.06 bits per heavy atom. The Morgan fingerprint density at radius 3 is 2.46 bits per heavy atom. The molecule has 0 spiro atoms. The Morgan fingerprint density at radius 2 is 1.82 bits per heavy atom. The predicted molar refractivity (Wildman–Crippen MR) is 247 cm³/mol. The van der Waals surface area contributed by atoms with Crippen molar-refractivity contribution in [2.45, 2.75) is 141 Å². The number of pyridine rings is 1. The molecule has 3 aromatic heterocycles. The predicted octanol–water partition coefficient (Wildman–Crippen LogP) is 6.13. The van der Waals surface area contributed by atoms with Gasteiger partial charge in [0.05, 0.1) is 35.0 Å². The van der Waals surface area contributed by atoms with Gasteiger partial charge in [0, 0.05) is 34.9 Å². The van der Waals surface area contributed by atoms with Gasteiger partial charge in [0.2, 0.25) is 33.6 Å². The van der Waals surface area contributed by atoms with E-state index in [0.29, 0.717) is 61.2 Å². The number of likely N-dealkylation sites (tertiary alicyclic amines) is 1. The van der Waals surface area contributed by atoms with E-state index in [1.165, 1.54) is 22.6 Å². The van der Waals surface area contributed by atoms with E-state index in [1.54, 1.807) is 25.6 Å². The molecule has 4 heterocycles. The van der Waals surface area contributed by atoms with Crippen molar-refractivity contribution in [3.05, 3.63) is 59.1 Å². The number of fused-ring (bicyclic) bond motifs is 1. The average Bonchev–Trinajstić information content (AvgIpc) is 3.82. The summed E-state index contributed by atoms with van der Waals surface area (Å²) in [5.41, 5.74) is 8.27. The van der Waals surface area contributed by atoms with Gasteiger partial charge in [-0.2, -0.15) is 0 Å². The Balaban J connectivity index is 1.03. The van der Waals surface area contributed by atoms with E-state index in [1.807, 2.05) is 56.5 Å². The minimum Gasteiger partial charge on any atom is -0.496 e. The number of ether oxygens (including phenoxy) is 2. The van der Waals surface area contributed by atoms with Gasteiger partial charge in [-0.25, -0.2) is 28.1 Å². The van der Waals surface area contributed by atoms with Crippen LogP contribution in [0.5, 0.6) is 11.5 Å². The van der Waals surface area contributed by atoms with E-state index >= 15 is 0 Å². The largest absolute Gasteiger partial charge is 0.496 e. The summed E-state index contributed by atoms with van der Waals surface area (Å²) in [4.78, 5) is 69.5. The van der Waals surface area contributed by atoms with E-state index in [2.05, 4.69) is 34.0 Å². The highest BCUT2D eigenvalue weighted by molar-refractivity contribution is 7.91. The lowest BCUT2D eigenvalue weighted by atomic mass is 10.0. The summed E-state index contributed by atoms with van der Waals surface area (Å²) >= 11 is 1.49. The number of nitrogens with zero attached hydrogens (tertiary/aromatic N) is 6. The molecule has 4 N–H and O–H groups in total. The van der Waals surface area contributed by atoms with E-state index in [-0.39, 0.29) is 43.1 Å². The number of sulfonamides is 1. The van der Waals surface area contributed by atoms with Crippen LogP contribution in [0.3, 0.4) is 0 Å². The topological polar surface area (TPSA) is 231 Å². The van der Waals surface area contributed by atoms with Crippen LogP contribution in [0.2, 0.25) is 0 Å². The Hall–Kier alpha value is -5.43. The minimum absolute atomic E-state index is 0.0371. The van der Waals surface area contributed by atoms with Gasteiger partial charge in [-0.3, -0.25) is 23.9 Å². The van der Waals surface area contributed by atoms with Crippen molar-refractivity contribution in [3.63, 3.8) is 0 Å². The maximum absolute atomic E-state index is 14.6. The third kappa shape index (κ3) is 10.2. The zero-order chi connectivity index (χ0) is 47.0. The number of benzene rings is 1. The first kappa shape index (κ1) is 47.5. The fraction of sp³-hybridized carbons (Fsp3) is 0.565. The van der Waals surface area contributed by atoms with Crippen LogP contribution < -0.4 is 25.2 Å². The van der Waals surface area contributed by atoms with Crippen molar-refractivity contribution in [3.8, 4) is 22.2 Å². The fourth-order valence-corrected chi connectivity index (χ4v) is 10.5. The summed E-state index contributed by atoms with van der Waals surface area (Å²) in [5.74, 6) is -0.955. The first-order valence-corrected chi connectivity index (χ1v) is 24.8. The van der Waals surface area contributed by atoms with Crippen LogP contribution in [-0.4, -0.2) is 98.3 Å². The maximum atomic E-state index is 14.6. The number of aryl methyl sites for hydroxylation is 1. The Kier molecular flexibility index (Phi) is 13.8. The molecular formula is C46H61N9O8S2. The number of methoxy groups -OCH3 is 1. The molecule has 0 radical (unpaired) electrons. The lowest BCUT2D eigenvalue weighted by Gasteiger charge is -2.27. The van der Waals surface area contributed by atoms with Gasteiger partial charge in [0.15, 0.2) is 0 Å². The van der Waals surface area contributed by atoms with Crippen molar-refractivity contribution in [1.82, 2.24) is 39.7 Å². The number of carbonyl (C=O) groups is 4. The molecule has 5 atom stereocenters. The van der Waals surface area contributed by atoms with Crippen LogP contribution in [-0.2, 0) is 24.4 Å². The maximum Gasteiger partial charge on any atom is 0.291 e. The first-order valence-electron chi connectivity index (χ1n) is 22.4. The zero-order valence-corrected chi connectivity index (χ0v) is 40.1.